The van der Waals surface area contributed by atoms with Crippen molar-refractivity contribution in [2.75, 3.05) is 20.2 Å². The fraction of sp³-hybridized carbons (Fsp3) is 0.529. The van der Waals surface area contributed by atoms with Crippen molar-refractivity contribution in [3.63, 3.8) is 0 Å². The number of esters is 1. The van der Waals surface area contributed by atoms with Crippen molar-refractivity contribution in [1.82, 2.24) is 4.90 Å². The number of ether oxygens (including phenoxy) is 1. The molecule has 0 N–H and O–H groups in total. The third kappa shape index (κ3) is 4.76. The topological polar surface area (TPSA) is 59.8 Å². The van der Waals surface area contributed by atoms with Crippen LogP contribution in [0.15, 0.2) is 34.5 Å². The standard InChI is InChI=1S/C17H23NO4/c1-21-16(19)10-12-18(17(20)15-8-5-13-22-15)11-9-14-6-3-2-4-7-14/h5-6,8,13H,2-4,7,9-12H2,1H3. The molecule has 0 atom stereocenters. The van der Waals surface area contributed by atoms with Crippen LogP contribution in [0.5, 0.6) is 0 Å². The average Bonchev–Trinajstić information content (AvgIpc) is 3.09. The first-order valence-corrected chi connectivity index (χ1v) is 7.78. The lowest BCUT2D eigenvalue weighted by molar-refractivity contribution is -0.140. The van der Waals surface area contributed by atoms with E-state index in [1.165, 1.54) is 31.8 Å². The van der Waals surface area contributed by atoms with Crippen LogP contribution in [0.1, 0.15) is 49.1 Å². The highest BCUT2D eigenvalue weighted by Crippen LogP contribution is 2.20. The third-order valence-corrected chi connectivity index (χ3v) is 3.92. The summed E-state index contributed by atoms with van der Waals surface area (Å²) in [7, 11) is 1.36. The van der Waals surface area contributed by atoms with Gasteiger partial charge in [-0.15, -0.1) is 0 Å². The smallest absolute Gasteiger partial charge is 0.307 e. The number of furan rings is 1. The number of allylic oxidation sites excluding steroid dienone is 1. The van der Waals surface area contributed by atoms with Crippen LogP contribution < -0.4 is 0 Å². The van der Waals surface area contributed by atoms with E-state index < -0.39 is 0 Å². The summed E-state index contributed by atoms with van der Waals surface area (Å²) in [4.78, 5) is 25.4. The molecule has 5 nitrogen and oxygen atoms in total. The Labute approximate surface area is 130 Å². The molecule has 22 heavy (non-hydrogen) atoms. The van der Waals surface area contributed by atoms with Crippen molar-refractivity contribution in [1.29, 1.82) is 0 Å². The number of rotatable bonds is 7. The summed E-state index contributed by atoms with van der Waals surface area (Å²) in [6.45, 7) is 0.946. The van der Waals surface area contributed by atoms with Gasteiger partial charge in [0.25, 0.3) is 5.91 Å². The fourth-order valence-electron chi connectivity index (χ4n) is 2.61. The van der Waals surface area contributed by atoms with Gasteiger partial charge >= 0.3 is 5.97 Å². The molecule has 1 aromatic rings. The molecular weight excluding hydrogens is 282 g/mol. The van der Waals surface area contributed by atoms with E-state index in [0.29, 0.717) is 18.8 Å². The van der Waals surface area contributed by atoms with Crippen LogP contribution in [0, 0.1) is 0 Å². The quantitative estimate of drug-likeness (QED) is 0.573. The monoisotopic (exact) mass is 305 g/mol. The third-order valence-electron chi connectivity index (χ3n) is 3.92. The van der Waals surface area contributed by atoms with Gasteiger partial charge in [-0.1, -0.05) is 11.6 Å². The molecule has 1 heterocycles. The van der Waals surface area contributed by atoms with Crippen molar-refractivity contribution < 1.29 is 18.7 Å². The van der Waals surface area contributed by atoms with E-state index >= 15 is 0 Å². The molecule has 1 aliphatic carbocycles. The molecule has 0 unspecified atom stereocenters. The maximum Gasteiger partial charge on any atom is 0.307 e. The van der Waals surface area contributed by atoms with Crippen LogP contribution in [0.25, 0.3) is 0 Å². The van der Waals surface area contributed by atoms with Crippen LogP contribution in [0.3, 0.4) is 0 Å². The van der Waals surface area contributed by atoms with Gasteiger partial charge in [0.2, 0.25) is 0 Å². The molecule has 5 heteroatoms. The Morgan fingerprint density at radius 3 is 2.82 bits per heavy atom. The highest BCUT2D eigenvalue weighted by atomic mass is 16.5. The predicted octanol–water partition coefficient (Wildman–Crippen LogP) is 3.18. The summed E-state index contributed by atoms with van der Waals surface area (Å²) < 4.78 is 9.83. The minimum absolute atomic E-state index is 0.176. The number of hydrogen-bond acceptors (Lipinski definition) is 4. The molecule has 0 aromatic carbocycles. The van der Waals surface area contributed by atoms with Crippen molar-refractivity contribution in [2.24, 2.45) is 0 Å². The second kappa shape index (κ2) is 8.41. The Bertz CT molecular complexity index is 519. The summed E-state index contributed by atoms with van der Waals surface area (Å²) in [5.74, 6) is -0.179. The van der Waals surface area contributed by atoms with Crippen molar-refractivity contribution in [2.45, 2.75) is 38.5 Å². The molecule has 2 rings (SSSR count). The summed E-state index contributed by atoms with van der Waals surface area (Å²) >= 11 is 0. The highest BCUT2D eigenvalue weighted by molar-refractivity contribution is 5.91. The Morgan fingerprint density at radius 1 is 1.32 bits per heavy atom. The lowest BCUT2D eigenvalue weighted by Crippen LogP contribution is -2.34. The van der Waals surface area contributed by atoms with Crippen molar-refractivity contribution in [3.05, 3.63) is 35.8 Å². The van der Waals surface area contributed by atoms with Gasteiger partial charge in [-0.25, -0.2) is 0 Å². The molecule has 1 aliphatic rings. The summed E-state index contributed by atoms with van der Waals surface area (Å²) in [5, 5.41) is 0. The van der Waals surface area contributed by atoms with Crippen molar-refractivity contribution in [3.8, 4) is 0 Å². The maximum atomic E-state index is 12.4. The molecule has 0 spiro atoms. The van der Waals surface area contributed by atoms with E-state index in [1.54, 1.807) is 17.0 Å². The Morgan fingerprint density at radius 2 is 2.18 bits per heavy atom. The van der Waals surface area contributed by atoms with Crippen LogP contribution in [0.2, 0.25) is 0 Å². The van der Waals surface area contributed by atoms with Gasteiger partial charge in [-0.3, -0.25) is 9.59 Å². The number of methoxy groups -OCH3 is 1. The van der Waals surface area contributed by atoms with E-state index in [0.717, 1.165) is 19.3 Å². The molecular formula is C17H23NO4. The number of carbonyl (C=O) groups is 2. The minimum Gasteiger partial charge on any atom is -0.469 e. The van der Waals surface area contributed by atoms with Crippen molar-refractivity contribution >= 4 is 11.9 Å². The minimum atomic E-state index is -0.311. The van der Waals surface area contributed by atoms with Crippen LogP contribution in [0.4, 0.5) is 0 Å². The summed E-state index contributed by atoms with van der Waals surface area (Å²) in [5.41, 5.74) is 1.40. The molecule has 1 aromatic heterocycles. The first kappa shape index (κ1) is 16.3. The van der Waals surface area contributed by atoms with Crippen LogP contribution in [-0.4, -0.2) is 37.0 Å². The highest BCUT2D eigenvalue weighted by Gasteiger charge is 2.19. The van der Waals surface area contributed by atoms with Gasteiger partial charge < -0.3 is 14.1 Å². The number of hydrogen-bond donors (Lipinski definition) is 0. The maximum absolute atomic E-state index is 12.4. The largest absolute Gasteiger partial charge is 0.469 e. The van der Waals surface area contributed by atoms with E-state index in [1.807, 2.05) is 0 Å². The van der Waals surface area contributed by atoms with Gasteiger partial charge in [0.05, 0.1) is 19.8 Å². The first-order valence-electron chi connectivity index (χ1n) is 7.78. The molecule has 0 bridgehead atoms. The van der Waals surface area contributed by atoms with E-state index in [9.17, 15) is 9.59 Å². The Balaban J connectivity index is 1.95. The number of carbonyl (C=O) groups excluding carboxylic acids is 2. The van der Waals surface area contributed by atoms with Gasteiger partial charge in [0, 0.05) is 13.1 Å². The molecule has 1 amide bonds. The van der Waals surface area contributed by atoms with Crippen LogP contribution >= 0.6 is 0 Å². The zero-order chi connectivity index (χ0) is 15.8. The van der Waals surface area contributed by atoms with Gasteiger partial charge in [0.1, 0.15) is 0 Å². The lowest BCUT2D eigenvalue weighted by Gasteiger charge is -2.23. The van der Waals surface area contributed by atoms with Crippen LogP contribution in [-0.2, 0) is 9.53 Å². The molecule has 120 valence electrons. The van der Waals surface area contributed by atoms with Gasteiger partial charge in [-0.05, 0) is 44.2 Å². The molecule has 0 saturated heterocycles. The second-order valence-corrected chi connectivity index (χ2v) is 5.45. The summed E-state index contributed by atoms with van der Waals surface area (Å²) in [6, 6.07) is 3.34. The van der Waals surface area contributed by atoms with Gasteiger partial charge in [0.15, 0.2) is 5.76 Å². The normalized spacial score (nSPS) is 14.3. The lowest BCUT2D eigenvalue weighted by atomic mass is 9.97. The first-order chi connectivity index (χ1) is 10.7. The second-order valence-electron chi connectivity index (χ2n) is 5.45. The number of nitrogens with zero attached hydrogens (tertiary/aromatic N) is 1. The predicted molar refractivity (Wildman–Crippen MR) is 82.4 cm³/mol. The SMILES string of the molecule is COC(=O)CCN(CCC1=CCCCC1)C(=O)c1ccco1. The number of amides is 1. The van der Waals surface area contributed by atoms with E-state index in [2.05, 4.69) is 10.8 Å². The van der Waals surface area contributed by atoms with Gasteiger partial charge in [-0.2, -0.15) is 0 Å². The molecule has 0 radical (unpaired) electrons. The molecule has 0 aliphatic heterocycles. The fourth-order valence-corrected chi connectivity index (χ4v) is 2.61. The summed E-state index contributed by atoms with van der Waals surface area (Å²) in [6.07, 6.45) is 9.52. The Kier molecular flexibility index (Phi) is 6.25. The van der Waals surface area contributed by atoms with E-state index in [4.69, 9.17) is 4.42 Å². The zero-order valence-corrected chi connectivity index (χ0v) is 13.0. The van der Waals surface area contributed by atoms with E-state index in [-0.39, 0.29) is 18.3 Å². The Hall–Kier alpha value is -2.04. The average molecular weight is 305 g/mol. The molecule has 0 fully saturated rings. The molecule has 0 saturated carbocycles. The zero-order valence-electron chi connectivity index (χ0n) is 13.0.